The van der Waals surface area contributed by atoms with Gasteiger partial charge in [0.25, 0.3) is 0 Å². The van der Waals surface area contributed by atoms with E-state index < -0.39 is 0 Å². The summed E-state index contributed by atoms with van der Waals surface area (Å²) >= 11 is 8.04. The Morgan fingerprint density at radius 1 is 1.25 bits per heavy atom. The van der Waals surface area contributed by atoms with Gasteiger partial charge in [0.1, 0.15) is 0 Å². The lowest BCUT2D eigenvalue weighted by atomic mass is 10.0. The molecule has 1 aliphatic rings. The van der Waals surface area contributed by atoms with Crippen molar-refractivity contribution in [1.82, 2.24) is 0 Å². The molecule has 1 aromatic carbocycles. The van der Waals surface area contributed by atoms with E-state index in [2.05, 4.69) is 6.92 Å². The predicted octanol–water partition coefficient (Wildman–Crippen LogP) is 4.66. The Bertz CT molecular complexity index is 372. The van der Waals surface area contributed by atoms with Crippen molar-refractivity contribution in [3.63, 3.8) is 0 Å². The standard InChI is InChI=1S/C13H18ClNS/c1-9-7-12(15)11(14)8-13(9)16-10-5-3-2-4-6-10/h7-8,10H,2-6,15H2,1H3. The van der Waals surface area contributed by atoms with E-state index in [1.54, 1.807) is 0 Å². The molecule has 1 aliphatic carbocycles. The smallest absolute Gasteiger partial charge is 0.0646 e. The summed E-state index contributed by atoms with van der Waals surface area (Å²) in [4.78, 5) is 1.30. The van der Waals surface area contributed by atoms with Gasteiger partial charge in [0.05, 0.1) is 10.7 Å². The third-order valence-electron chi connectivity index (χ3n) is 3.14. The van der Waals surface area contributed by atoms with Crippen LogP contribution in [0.25, 0.3) is 0 Å². The maximum absolute atomic E-state index is 6.07. The minimum atomic E-state index is 0.684. The van der Waals surface area contributed by atoms with Crippen molar-refractivity contribution < 1.29 is 0 Å². The third-order valence-corrected chi connectivity index (χ3v) is 4.97. The largest absolute Gasteiger partial charge is 0.398 e. The van der Waals surface area contributed by atoms with Gasteiger partial charge in [-0.3, -0.25) is 0 Å². The topological polar surface area (TPSA) is 26.0 Å². The Kier molecular flexibility index (Phi) is 4.04. The fourth-order valence-electron chi connectivity index (χ4n) is 2.18. The SMILES string of the molecule is Cc1cc(N)c(Cl)cc1SC1CCCCC1. The molecule has 0 aliphatic heterocycles. The second-order valence-electron chi connectivity index (χ2n) is 4.52. The van der Waals surface area contributed by atoms with Crippen molar-refractivity contribution in [2.45, 2.75) is 49.2 Å². The van der Waals surface area contributed by atoms with Gasteiger partial charge < -0.3 is 5.73 Å². The molecule has 0 amide bonds. The Labute approximate surface area is 107 Å². The summed E-state index contributed by atoms with van der Waals surface area (Å²) in [6.07, 6.45) is 6.83. The van der Waals surface area contributed by atoms with Gasteiger partial charge >= 0.3 is 0 Å². The molecule has 0 aromatic heterocycles. The molecule has 16 heavy (non-hydrogen) atoms. The van der Waals surface area contributed by atoms with Gasteiger partial charge in [-0.1, -0.05) is 30.9 Å². The van der Waals surface area contributed by atoms with Gasteiger partial charge in [0, 0.05) is 10.1 Å². The number of halogens is 1. The summed E-state index contributed by atoms with van der Waals surface area (Å²) in [7, 11) is 0. The van der Waals surface area contributed by atoms with Crippen LogP contribution >= 0.6 is 23.4 Å². The molecule has 1 saturated carbocycles. The molecule has 2 rings (SSSR count). The van der Waals surface area contributed by atoms with Crippen molar-refractivity contribution in [2.75, 3.05) is 5.73 Å². The highest BCUT2D eigenvalue weighted by atomic mass is 35.5. The highest BCUT2D eigenvalue weighted by Gasteiger charge is 2.16. The van der Waals surface area contributed by atoms with E-state index >= 15 is 0 Å². The fraction of sp³-hybridized carbons (Fsp3) is 0.538. The van der Waals surface area contributed by atoms with Crippen LogP contribution in [-0.4, -0.2) is 5.25 Å². The zero-order chi connectivity index (χ0) is 11.5. The predicted molar refractivity (Wildman–Crippen MR) is 73.3 cm³/mol. The third kappa shape index (κ3) is 2.86. The van der Waals surface area contributed by atoms with Crippen LogP contribution in [0.5, 0.6) is 0 Å². The van der Waals surface area contributed by atoms with E-state index in [1.165, 1.54) is 42.6 Å². The van der Waals surface area contributed by atoms with Crippen molar-refractivity contribution in [2.24, 2.45) is 0 Å². The van der Waals surface area contributed by atoms with Gasteiger partial charge in [-0.2, -0.15) is 0 Å². The average molecular weight is 256 g/mol. The highest BCUT2D eigenvalue weighted by Crippen LogP contribution is 2.37. The van der Waals surface area contributed by atoms with Crippen LogP contribution in [0.3, 0.4) is 0 Å². The number of benzene rings is 1. The van der Waals surface area contributed by atoms with Crippen LogP contribution in [-0.2, 0) is 0 Å². The Balaban J connectivity index is 2.11. The van der Waals surface area contributed by atoms with Crippen LogP contribution < -0.4 is 5.73 Å². The molecule has 0 radical (unpaired) electrons. The number of nitrogen functional groups attached to an aromatic ring is 1. The molecule has 1 aromatic rings. The zero-order valence-corrected chi connectivity index (χ0v) is 11.2. The summed E-state index contributed by atoms with van der Waals surface area (Å²) in [6.45, 7) is 2.11. The molecule has 0 saturated heterocycles. The van der Waals surface area contributed by atoms with Gasteiger partial charge in [-0.05, 0) is 37.5 Å². The molecular weight excluding hydrogens is 238 g/mol. The minimum absolute atomic E-state index is 0.684. The number of rotatable bonds is 2. The minimum Gasteiger partial charge on any atom is -0.398 e. The van der Waals surface area contributed by atoms with Crippen molar-refractivity contribution >= 4 is 29.1 Å². The Morgan fingerprint density at radius 3 is 2.62 bits per heavy atom. The first kappa shape index (κ1) is 12.1. The fourth-order valence-corrected chi connectivity index (χ4v) is 3.76. The lowest BCUT2D eigenvalue weighted by Crippen LogP contribution is -2.08. The second-order valence-corrected chi connectivity index (χ2v) is 6.27. The average Bonchev–Trinajstić information content (AvgIpc) is 2.27. The first-order chi connectivity index (χ1) is 7.66. The lowest BCUT2D eigenvalue weighted by molar-refractivity contribution is 0.516. The summed E-state index contributed by atoms with van der Waals surface area (Å²) < 4.78 is 0. The Morgan fingerprint density at radius 2 is 1.94 bits per heavy atom. The van der Waals surface area contributed by atoms with E-state index in [9.17, 15) is 0 Å². The Hall–Kier alpha value is -0.340. The van der Waals surface area contributed by atoms with Crippen LogP contribution in [0.4, 0.5) is 5.69 Å². The summed E-state index contributed by atoms with van der Waals surface area (Å²) in [5, 5.41) is 1.45. The molecule has 1 fully saturated rings. The monoisotopic (exact) mass is 255 g/mol. The maximum atomic E-state index is 6.07. The van der Waals surface area contributed by atoms with Crippen LogP contribution in [0.2, 0.25) is 5.02 Å². The number of anilines is 1. The van der Waals surface area contributed by atoms with Gasteiger partial charge in [-0.15, -0.1) is 11.8 Å². The van der Waals surface area contributed by atoms with E-state index in [0.29, 0.717) is 10.7 Å². The number of thioether (sulfide) groups is 1. The number of hydrogen-bond acceptors (Lipinski definition) is 2. The first-order valence-electron chi connectivity index (χ1n) is 5.89. The lowest BCUT2D eigenvalue weighted by Gasteiger charge is -2.22. The molecule has 0 unspecified atom stereocenters. The zero-order valence-electron chi connectivity index (χ0n) is 9.63. The molecule has 0 spiro atoms. The molecule has 88 valence electrons. The normalized spacial score (nSPS) is 17.6. The van der Waals surface area contributed by atoms with E-state index in [1.807, 2.05) is 23.9 Å². The van der Waals surface area contributed by atoms with Gasteiger partial charge in [0.2, 0.25) is 0 Å². The maximum Gasteiger partial charge on any atom is 0.0646 e. The molecule has 1 nitrogen and oxygen atoms in total. The molecule has 0 heterocycles. The number of aryl methyl sites for hydroxylation is 1. The summed E-state index contributed by atoms with van der Waals surface area (Å²) in [5.74, 6) is 0. The summed E-state index contributed by atoms with van der Waals surface area (Å²) in [6, 6.07) is 4.00. The van der Waals surface area contributed by atoms with Crippen molar-refractivity contribution in [3.8, 4) is 0 Å². The first-order valence-corrected chi connectivity index (χ1v) is 7.15. The molecule has 0 atom stereocenters. The molecular formula is C13H18ClNS. The number of hydrogen-bond donors (Lipinski definition) is 1. The molecule has 0 bridgehead atoms. The number of nitrogens with two attached hydrogens (primary N) is 1. The van der Waals surface area contributed by atoms with E-state index in [0.717, 1.165) is 5.25 Å². The molecule has 2 N–H and O–H groups in total. The van der Waals surface area contributed by atoms with Crippen molar-refractivity contribution in [1.29, 1.82) is 0 Å². The van der Waals surface area contributed by atoms with Crippen molar-refractivity contribution in [3.05, 3.63) is 22.7 Å². The summed E-state index contributed by atoms with van der Waals surface area (Å²) in [5.41, 5.74) is 7.72. The molecule has 3 heteroatoms. The van der Waals surface area contributed by atoms with Gasteiger partial charge in [-0.25, -0.2) is 0 Å². The quantitative estimate of drug-likeness (QED) is 0.778. The van der Waals surface area contributed by atoms with Crippen LogP contribution in [0.15, 0.2) is 17.0 Å². The van der Waals surface area contributed by atoms with E-state index in [-0.39, 0.29) is 0 Å². The van der Waals surface area contributed by atoms with Gasteiger partial charge in [0.15, 0.2) is 0 Å². The highest BCUT2D eigenvalue weighted by molar-refractivity contribution is 8.00. The van der Waals surface area contributed by atoms with E-state index in [4.69, 9.17) is 17.3 Å². The van der Waals surface area contributed by atoms with Crippen LogP contribution in [0.1, 0.15) is 37.7 Å². The second kappa shape index (κ2) is 5.33. The van der Waals surface area contributed by atoms with Crippen LogP contribution in [0, 0.1) is 6.92 Å².